The van der Waals surface area contributed by atoms with Crippen LogP contribution in [0.4, 0.5) is 5.69 Å². The molecular weight excluding hydrogens is 386 g/mol. The van der Waals surface area contributed by atoms with Crippen molar-refractivity contribution in [1.29, 1.82) is 0 Å². The van der Waals surface area contributed by atoms with Gasteiger partial charge >= 0.3 is 0 Å². The van der Waals surface area contributed by atoms with Gasteiger partial charge in [0.25, 0.3) is 0 Å². The minimum absolute atomic E-state index is 0.850. The molecule has 0 aromatic heterocycles. The van der Waals surface area contributed by atoms with E-state index in [0.717, 1.165) is 39.9 Å². The third-order valence-electron chi connectivity index (χ3n) is 5.16. The molecule has 158 valence electrons. The van der Waals surface area contributed by atoms with Gasteiger partial charge in [-0.2, -0.15) is 0 Å². The van der Waals surface area contributed by atoms with E-state index in [4.69, 9.17) is 0 Å². The highest BCUT2D eigenvalue weighted by molar-refractivity contribution is 5.55. The second-order valence-corrected chi connectivity index (χ2v) is 7.75. The highest BCUT2D eigenvalue weighted by atomic mass is 14.7. The number of hydrogen-bond acceptors (Lipinski definition) is 1. The lowest BCUT2D eigenvalue weighted by molar-refractivity contribution is 0.730. The number of aryl methyl sites for hydroxylation is 1. The van der Waals surface area contributed by atoms with E-state index in [1.165, 1.54) is 24.8 Å². The van der Waals surface area contributed by atoms with Crippen LogP contribution >= 0.6 is 0 Å². The Hall–Kier alpha value is -3.81. The molecule has 0 fully saturated rings. The van der Waals surface area contributed by atoms with Gasteiger partial charge in [-0.25, -0.2) is 0 Å². The summed E-state index contributed by atoms with van der Waals surface area (Å²) in [5, 5.41) is 0. The molecule has 0 aliphatic heterocycles. The third-order valence-corrected chi connectivity index (χ3v) is 5.16. The van der Waals surface area contributed by atoms with Gasteiger partial charge in [0.05, 0.1) is 5.69 Å². The molecule has 1 nitrogen and oxygen atoms in total. The number of unbranched alkanes of at least 4 members (excludes halogenated alkanes) is 3. The van der Waals surface area contributed by atoms with Gasteiger partial charge in [0.15, 0.2) is 0 Å². The predicted molar refractivity (Wildman–Crippen MR) is 138 cm³/mol. The molecule has 0 aliphatic carbocycles. The lowest BCUT2D eigenvalue weighted by atomic mass is 10.0. The lowest BCUT2D eigenvalue weighted by Gasteiger charge is -1.99. The molecule has 3 aromatic carbocycles. The van der Waals surface area contributed by atoms with E-state index < -0.39 is 0 Å². The van der Waals surface area contributed by atoms with Crippen LogP contribution in [-0.4, -0.2) is 6.72 Å². The van der Waals surface area contributed by atoms with Gasteiger partial charge < -0.3 is 0 Å². The van der Waals surface area contributed by atoms with Crippen molar-refractivity contribution in [3.63, 3.8) is 0 Å². The summed E-state index contributed by atoms with van der Waals surface area (Å²) in [5.41, 5.74) is 7.18. The Morgan fingerprint density at radius 1 is 0.781 bits per heavy atom. The second kappa shape index (κ2) is 12.1. The molecule has 3 rings (SSSR count). The van der Waals surface area contributed by atoms with Crippen LogP contribution in [0.1, 0.15) is 66.0 Å². The molecule has 0 amide bonds. The predicted octanol–water partition coefficient (Wildman–Crippen LogP) is 7.72. The number of rotatable bonds is 6. The molecule has 0 atom stereocenters. The average molecular weight is 416 g/mol. The maximum Gasteiger partial charge on any atom is 0.0623 e. The summed E-state index contributed by atoms with van der Waals surface area (Å²) in [6, 6.07) is 22.3. The van der Waals surface area contributed by atoms with Gasteiger partial charge in [-0.05, 0) is 92.2 Å². The summed E-state index contributed by atoms with van der Waals surface area (Å²) < 4.78 is 0. The molecule has 0 saturated heterocycles. The largest absolute Gasteiger partial charge is 0.265 e. The van der Waals surface area contributed by atoms with Crippen LogP contribution in [0.5, 0.6) is 0 Å². The Morgan fingerprint density at radius 2 is 1.41 bits per heavy atom. The van der Waals surface area contributed by atoms with Gasteiger partial charge in [-0.1, -0.05) is 67.7 Å². The summed E-state index contributed by atoms with van der Waals surface area (Å²) >= 11 is 0. The zero-order chi connectivity index (χ0) is 22.6. The van der Waals surface area contributed by atoms with Crippen LogP contribution < -0.4 is 0 Å². The van der Waals surface area contributed by atoms with Crippen molar-refractivity contribution in [3.05, 3.63) is 106 Å². The topological polar surface area (TPSA) is 12.4 Å². The molecule has 1 heteroatoms. The first-order valence-corrected chi connectivity index (χ1v) is 11.2. The van der Waals surface area contributed by atoms with Crippen LogP contribution in [-0.2, 0) is 0 Å². The molecule has 3 aromatic rings. The van der Waals surface area contributed by atoms with E-state index in [1.807, 2.05) is 36.4 Å². The monoisotopic (exact) mass is 415 g/mol. The Bertz CT molecular complexity index is 1190. The third kappa shape index (κ3) is 7.16. The molecular formula is C31H29N. The van der Waals surface area contributed by atoms with Gasteiger partial charge in [-0.3, -0.25) is 4.99 Å². The van der Waals surface area contributed by atoms with Gasteiger partial charge in [-0.15, -0.1) is 0 Å². The summed E-state index contributed by atoms with van der Waals surface area (Å²) in [6.45, 7) is 7.83. The van der Waals surface area contributed by atoms with Crippen molar-refractivity contribution < 1.29 is 0 Å². The number of aliphatic imine (C=N–C) groups is 1. The summed E-state index contributed by atoms with van der Waals surface area (Å²) in [5.74, 6) is 13.0. The molecule has 0 spiro atoms. The van der Waals surface area contributed by atoms with Crippen molar-refractivity contribution >= 4 is 18.5 Å². The van der Waals surface area contributed by atoms with Crippen molar-refractivity contribution in [1.82, 2.24) is 0 Å². The Labute approximate surface area is 192 Å². The maximum absolute atomic E-state index is 3.90. The number of hydrogen-bond donors (Lipinski definition) is 0. The zero-order valence-corrected chi connectivity index (χ0v) is 19.0. The van der Waals surface area contributed by atoms with E-state index in [2.05, 4.69) is 91.7 Å². The normalized spacial score (nSPS) is 10.2. The zero-order valence-electron chi connectivity index (χ0n) is 19.0. The SMILES string of the molecule is C=Nc1ccc(C#Cc2ccc(C#Cc3ccc(C=CCCCCC)cc3)cc2C)cc1. The molecule has 0 heterocycles. The second-order valence-electron chi connectivity index (χ2n) is 7.75. The smallest absolute Gasteiger partial charge is 0.0623 e. The molecule has 0 aliphatic rings. The van der Waals surface area contributed by atoms with E-state index in [9.17, 15) is 0 Å². The van der Waals surface area contributed by atoms with Crippen LogP contribution in [0.25, 0.3) is 6.08 Å². The molecule has 32 heavy (non-hydrogen) atoms. The number of allylic oxidation sites excluding steroid dienone is 1. The fraction of sp³-hybridized carbons (Fsp3) is 0.194. The molecule has 0 bridgehead atoms. The Balaban J connectivity index is 1.64. The van der Waals surface area contributed by atoms with Crippen LogP contribution in [0, 0.1) is 30.6 Å². The highest BCUT2D eigenvalue weighted by Gasteiger charge is 1.97. The van der Waals surface area contributed by atoms with E-state index >= 15 is 0 Å². The quantitative estimate of drug-likeness (QED) is 0.222. The molecule has 0 N–H and O–H groups in total. The van der Waals surface area contributed by atoms with Crippen molar-refractivity contribution in [2.24, 2.45) is 4.99 Å². The summed E-state index contributed by atoms with van der Waals surface area (Å²) in [7, 11) is 0. The average Bonchev–Trinajstić information content (AvgIpc) is 2.83. The highest BCUT2D eigenvalue weighted by Crippen LogP contribution is 2.13. The summed E-state index contributed by atoms with van der Waals surface area (Å²) in [6.07, 6.45) is 9.43. The first-order chi connectivity index (χ1) is 15.7. The van der Waals surface area contributed by atoms with Gasteiger partial charge in [0, 0.05) is 22.3 Å². The lowest BCUT2D eigenvalue weighted by Crippen LogP contribution is -1.85. The van der Waals surface area contributed by atoms with Crippen LogP contribution in [0.3, 0.4) is 0 Å². The molecule has 0 radical (unpaired) electrons. The van der Waals surface area contributed by atoms with Crippen molar-refractivity contribution in [2.45, 2.75) is 39.5 Å². The van der Waals surface area contributed by atoms with E-state index in [1.54, 1.807) is 0 Å². The first kappa shape index (κ1) is 22.9. The minimum Gasteiger partial charge on any atom is -0.265 e. The van der Waals surface area contributed by atoms with Crippen molar-refractivity contribution in [2.75, 3.05) is 0 Å². The fourth-order valence-electron chi connectivity index (χ4n) is 3.22. The van der Waals surface area contributed by atoms with Crippen LogP contribution in [0.15, 0.2) is 77.8 Å². The van der Waals surface area contributed by atoms with Gasteiger partial charge in [0.1, 0.15) is 0 Å². The van der Waals surface area contributed by atoms with E-state index in [-0.39, 0.29) is 0 Å². The molecule has 0 saturated carbocycles. The Kier molecular flexibility index (Phi) is 8.68. The maximum atomic E-state index is 3.90. The standard InChI is InChI=1S/C31H29N/c1-4-5-6-7-8-9-26-10-12-27(13-11-26)14-15-29-17-21-30(25(2)24-29)20-16-28-18-22-31(32-3)23-19-28/h8-13,17-19,21-24H,3-7H2,1-2H3. The number of nitrogens with zero attached hydrogens (tertiary/aromatic N) is 1. The fourth-order valence-corrected chi connectivity index (χ4v) is 3.22. The van der Waals surface area contributed by atoms with Crippen molar-refractivity contribution in [3.8, 4) is 23.7 Å². The minimum atomic E-state index is 0.850. The van der Waals surface area contributed by atoms with Gasteiger partial charge in [0.2, 0.25) is 0 Å². The number of benzene rings is 3. The Morgan fingerprint density at radius 3 is 2.06 bits per heavy atom. The molecule has 0 unspecified atom stereocenters. The first-order valence-electron chi connectivity index (χ1n) is 11.2. The van der Waals surface area contributed by atoms with E-state index in [0.29, 0.717) is 0 Å². The summed E-state index contributed by atoms with van der Waals surface area (Å²) in [4.78, 5) is 3.90. The van der Waals surface area contributed by atoms with Crippen LogP contribution in [0.2, 0.25) is 0 Å².